The van der Waals surface area contributed by atoms with Crippen molar-refractivity contribution in [2.75, 3.05) is 10.6 Å². The first-order valence-electron chi connectivity index (χ1n) is 7.68. The van der Waals surface area contributed by atoms with Gasteiger partial charge in [-0.15, -0.1) is 0 Å². The van der Waals surface area contributed by atoms with Crippen LogP contribution in [0.2, 0.25) is 0 Å². The molecule has 1 aromatic heterocycles. The predicted molar refractivity (Wildman–Crippen MR) is 94.4 cm³/mol. The van der Waals surface area contributed by atoms with Crippen molar-refractivity contribution >= 4 is 23.4 Å². The van der Waals surface area contributed by atoms with E-state index in [0.29, 0.717) is 17.1 Å². The fraction of sp³-hybridized carbons (Fsp3) is 0.333. The fourth-order valence-corrected chi connectivity index (χ4v) is 2.11. The Hall–Kier alpha value is -2.76. The van der Waals surface area contributed by atoms with Crippen molar-refractivity contribution in [2.45, 2.75) is 33.3 Å². The van der Waals surface area contributed by atoms with E-state index in [1.165, 1.54) is 0 Å². The fourth-order valence-electron chi connectivity index (χ4n) is 2.11. The molecule has 0 unspecified atom stereocenters. The lowest BCUT2D eigenvalue weighted by Crippen LogP contribution is -2.27. The van der Waals surface area contributed by atoms with E-state index in [1.807, 2.05) is 31.2 Å². The molecule has 0 radical (unpaired) electrons. The summed E-state index contributed by atoms with van der Waals surface area (Å²) in [6.45, 7) is 7.35. The van der Waals surface area contributed by atoms with Crippen molar-refractivity contribution in [3.05, 3.63) is 47.8 Å². The molecule has 1 aromatic carbocycles. The smallest absolute Gasteiger partial charge is 0.412 e. The summed E-state index contributed by atoms with van der Waals surface area (Å²) < 4.78 is 6.85. The molecule has 0 fully saturated rings. The summed E-state index contributed by atoms with van der Waals surface area (Å²) in [5, 5.41) is 5.45. The topological polar surface area (TPSA) is 72.4 Å². The first kappa shape index (κ1) is 17.6. The maximum Gasteiger partial charge on any atom is 0.412 e. The van der Waals surface area contributed by atoms with E-state index in [2.05, 4.69) is 10.6 Å². The highest BCUT2D eigenvalue weighted by Crippen LogP contribution is 2.17. The molecular formula is C18H23N3O3. The van der Waals surface area contributed by atoms with Crippen LogP contribution in [-0.4, -0.2) is 22.2 Å². The summed E-state index contributed by atoms with van der Waals surface area (Å²) in [4.78, 5) is 24.2. The minimum atomic E-state index is -0.579. The number of aryl methyl sites for hydroxylation is 2. The van der Waals surface area contributed by atoms with Crippen LogP contribution in [0.15, 0.2) is 36.5 Å². The third kappa shape index (κ3) is 4.87. The molecule has 0 aliphatic carbocycles. The lowest BCUT2D eigenvalue weighted by atomic mass is 10.2. The molecule has 2 N–H and O–H groups in total. The number of rotatable bonds is 3. The number of carbonyl (C=O) groups is 2. The van der Waals surface area contributed by atoms with Gasteiger partial charge in [0.1, 0.15) is 11.3 Å². The Balaban J connectivity index is 2.06. The lowest BCUT2D eigenvalue weighted by Gasteiger charge is -2.19. The van der Waals surface area contributed by atoms with Crippen LogP contribution in [0.3, 0.4) is 0 Å². The highest BCUT2D eigenvalue weighted by molar-refractivity contribution is 6.04. The Labute approximate surface area is 141 Å². The van der Waals surface area contributed by atoms with E-state index >= 15 is 0 Å². The summed E-state index contributed by atoms with van der Waals surface area (Å²) >= 11 is 0. The van der Waals surface area contributed by atoms with Crippen molar-refractivity contribution in [3.8, 4) is 0 Å². The molecule has 2 aromatic rings. The quantitative estimate of drug-likeness (QED) is 0.896. The van der Waals surface area contributed by atoms with E-state index in [-0.39, 0.29) is 5.91 Å². The number of ether oxygens (including phenoxy) is 1. The van der Waals surface area contributed by atoms with E-state index in [1.54, 1.807) is 44.6 Å². The monoisotopic (exact) mass is 329 g/mol. The first-order valence-corrected chi connectivity index (χ1v) is 7.68. The van der Waals surface area contributed by atoms with Gasteiger partial charge in [0.2, 0.25) is 0 Å². The first-order chi connectivity index (χ1) is 11.1. The SMILES string of the molecule is Cc1ccc(NC(=O)c2cc(NC(=O)OC(C)(C)C)cn2C)cc1. The molecule has 6 nitrogen and oxygen atoms in total. The van der Waals surface area contributed by atoms with Crippen LogP contribution < -0.4 is 10.6 Å². The second-order valence-electron chi connectivity index (χ2n) is 6.67. The summed E-state index contributed by atoms with van der Waals surface area (Å²) in [5.41, 5.74) is 2.19. The van der Waals surface area contributed by atoms with Crippen LogP contribution >= 0.6 is 0 Å². The molecule has 2 rings (SSSR count). The molecular weight excluding hydrogens is 306 g/mol. The minimum Gasteiger partial charge on any atom is -0.444 e. The number of hydrogen-bond donors (Lipinski definition) is 2. The number of hydrogen-bond acceptors (Lipinski definition) is 3. The van der Waals surface area contributed by atoms with E-state index in [0.717, 1.165) is 5.56 Å². The number of nitrogens with one attached hydrogen (secondary N) is 2. The van der Waals surface area contributed by atoms with Crippen LogP contribution in [0.5, 0.6) is 0 Å². The second kappa shape index (κ2) is 6.78. The van der Waals surface area contributed by atoms with Crippen LogP contribution in [0.1, 0.15) is 36.8 Å². The van der Waals surface area contributed by atoms with E-state index in [9.17, 15) is 9.59 Å². The van der Waals surface area contributed by atoms with Crippen molar-refractivity contribution in [1.82, 2.24) is 4.57 Å². The summed E-state index contributed by atoms with van der Waals surface area (Å²) in [6, 6.07) is 9.14. The Bertz CT molecular complexity index is 740. The zero-order chi connectivity index (χ0) is 17.9. The summed E-state index contributed by atoms with van der Waals surface area (Å²) in [7, 11) is 1.74. The van der Waals surface area contributed by atoms with E-state index < -0.39 is 11.7 Å². The van der Waals surface area contributed by atoms with Gasteiger partial charge in [-0.3, -0.25) is 10.1 Å². The van der Waals surface area contributed by atoms with Gasteiger partial charge in [0.05, 0.1) is 5.69 Å². The molecule has 2 amide bonds. The molecule has 0 spiro atoms. The number of benzene rings is 1. The van der Waals surface area contributed by atoms with Gasteiger partial charge in [-0.05, 0) is 45.9 Å². The average Bonchev–Trinajstić information content (AvgIpc) is 2.80. The molecule has 6 heteroatoms. The molecule has 0 aliphatic rings. The van der Waals surface area contributed by atoms with Gasteiger partial charge in [0, 0.05) is 18.9 Å². The Morgan fingerprint density at radius 1 is 1.04 bits per heavy atom. The van der Waals surface area contributed by atoms with Gasteiger partial charge in [-0.25, -0.2) is 4.79 Å². The summed E-state index contributed by atoms with van der Waals surface area (Å²) in [5.74, 6) is -0.251. The number of carbonyl (C=O) groups excluding carboxylic acids is 2. The third-order valence-electron chi connectivity index (χ3n) is 3.19. The average molecular weight is 329 g/mol. The van der Waals surface area contributed by atoms with Crippen molar-refractivity contribution in [1.29, 1.82) is 0 Å². The van der Waals surface area contributed by atoms with Gasteiger partial charge in [-0.1, -0.05) is 17.7 Å². The Morgan fingerprint density at radius 2 is 1.67 bits per heavy atom. The lowest BCUT2D eigenvalue weighted by molar-refractivity contribution is 0.0635. The van der Waals surface area contributed by atoms with Gasteiger partial charge in [-0.2, -0.15) is 0 Å². The number of amides is 2. The molecule has 1 heterocycles. The molecule has 0 atom stereocenters. The summed E-state index contributed by atoms with van der Waals surface area (Å²) in [6.07, 6.45) is 1.10. The van der Waals surface area contributed by atoms with Crippen molar-refractivity contribution in [2.24, 2.45) is 7.05 Å². The van der Waals surface area contributed by atoms with Gasteiger partial charge in [0.25, 0.3) is 5.91 Å². The standard InChI is InChI=1S/C18H23N3O3/c1-12-6-8-13(9-7-12)19-16(22)15-10-14(11-21(15)5)20-17(23)24-18(2,3)4/h6-11H,1-5H3,(H,19,22)(H,20,23). The normalized spacial score (nSPS) is 11.0. The van der Waals surface area contributed by atoms with Crippen LogP contribution in [0, 0.1) is 6.92 Å². The Morgan fingerprint density at radius 3 is 2.25 bits per heavy atom. The minimum absolute atomic E-state index is 0.251. The molecule has 24 heavy (non-hydrogen) atoms. The molecule has 128 valence electrons. The molecule has 0 saturated carbocycles. The van der Waals surface area contributed by atoms with Crippen LogP contribution in [-0.2, 0) is 11.8 Å². The van der Waals surface area contributed by atoms with Crippen LogP contribution in [0.4, 0.5) is 16.2 Å². The molecule has 0 saturated heterocycles. The van der Waals surface area contributed by atoms with Gasteiger partial charge >= 0.3 is 6.09 Å². The molecule has 0 bridgehead atoms. The molecule has 0 aliphatic heterocycles. The van der Waals surface area contributed by atoms with Gasteiger partial charge in [0.15, 0.2) is 0 Å². The predicted octanol–water partition coefficient (Wildman–Crippen LogP) is 3.93. The maximum absolute atomic E-state index is 12.4. The number of anilines is 2. The zero-order valence-corrected chi connectivity index (χ0v) is 14.6. The van der Waals surface area contributed by atoms with E-state index in [4.69, 9.17) is 4.74 Å². The zero-order valence-electron chi connectivity index (χ0n) is 14.6. The van der Waals surface area contributed by atoms with Crippen LogP contribution in [0.25, 0.3) is 0 Å². The largest absolute Gasteiger partial charge is 0.444 e. The highest BCUT2D eigenvalue weighted by Gasteiger charge is 2.18. The second-order valence-corrected chi connectivity index (χ2v) is 6.67. The Kier molecular flexibility index (Phi) is 4.97. The maximum atomic E-state index is 12.4. The third-order valence-corrected chi connectivity index (χ3v) is 3.19. The van der Waals surface area contributed by atoms with Crippen molar-refractivity contribution in [3.63, 3.8) is 0 Å². The highest BCUT2D eigenvalue weighted by atomic mass is 16.6. The van der Waals surface area contributed by atoms with Gasteiger partial charge < -0.3 is 14.6 Å². The number of aromatic nitrogens is 1. The number of nitrogens with zero attached hydrogens (tertiary/aromatic N) is 1. The van der Waals surface area contributed by atoms with Crippen molar-refractivity contribution < 1.29 is 14.3 Å².